The maximum absolute atomic E-state index is 11.9. The lowest BCUT2D eigenvalue weighted by Crippen LogP contribution is -2.17. The fraction of sp³-hybridized carbons (Fsp3) is 0.0667. The number of nitrogens with two attached hydrogens (primary N) is 1. The van der Waals surface area contributed by atoms with Gasteiger partial charge in [0.05, 0.1) is 18.3 Å². The van der Waals surface area contributed by atoms with E-state index >= 15 is 0 Å². The van der Waals surface area contributed by atoms with Crippen molar-refractivity contribution < 1.29 is 14.6 Å². The Bertz CT molecular complexity index is 732. The van der Waals surface area contributed by atoms with Crippen LogP contribution in [0.4, 0.5) is 5.69 Å². The van der Waals surface area contributed by atoms with Gasteiger partial charge in [-0.25, -0.2) is 5.43 Å². The van der Waals surface area contributed by atoms with Crippen LogP contribution in [0, 0.1) is 0 Å². The molecule has 0 heterocycles. The lowest BCUT2D eigenvalue weighted by molar-refractivity contribution is 0.0955. The fourth-order valence-corrected chi connectivity index (χ4v) is 1.94. The van der Waals surface area contributed by atoms with Crippen molar-refractivity contribution in [1.29, 1.82) is 0 Å². The predicted molar refractivity (Wildman–Crippen MR) is 85.6 cm³/mol. The Morgan fingerprint density at radius 3 is 2.86 bits per heavy atom. The van der Waals surface area contributed by atoms with Gasteiger partial charge in [-0.3, -0.25) is 4.79 Å². The largest absolute Gasteiger partial charge is 0.503 e. The molecule has 0 bridgehead atoms. The van der Waals surface area contributed by atoms with Gasteiger partial charge in [-0.05, 0) is 30.3 Å². The van der Waals surface area contributed by atoms with Gasteiger partial charge in [-0.2, -0.15) is 5.10 Å². The van der Waals surface area contributed by atoms with E-state index < -0.39 is 5.91 Å². The number of nitrogens with one attached hydrogen (secondary N) is 1. The van der Waals surface area contributed by atoms with E-state index in [2.05, 4.69) is 10.5 Å². The molecule has 6 nitrogen and oxygen atoms in total. The molecule has 7 heteroatoms. The zero-order valence-electron chi connectivity index (χ0n) is 11.7. The standard InChI is InChI=1S/C15H14ClN3O3/c1-22-12-6-5-10(13(16)14(12)20)8-18-19-15(21)9-3-2-4-11(17)7-9/h2-8,20H,17H2,1H3,(H,19,21)/b18-8-. The van der Waals surface area contributed by atoms with E-state index in [0.29, 0.717) is 16.8 Å². The van der Waals surface area contributed by atoms with Gasteiger partial charge in [0.25, 0.3) is 5.91 Å². The van der Waals surface area contributed by atoms with E-state index in [1.165, 1.54) is 19.4 Å². The Hall–Kier alpha value is -2.73. The summed E-state index contributed by atoms with van der Waals surface area (Å²) in [6.45, 7) is 0. The third kappa shape index (κ3) is 3.48. The summed E-state index contributed by atoms with van der Waals surface area (Å²) in [6.07, 6.45) is 1.33. The number of hydrogen-bond donors (Lipinski definition) is 3. The summed E-state index contributed by atoms with van der Waals surface area (Å²) in [5, 5.41) is 13.7. The van der Waals surface area contributed by atoms with Gasteiger partial charge >= 0.3 is 0 Å². The molecule has 0 aliphatic heterocycles. The maximum Gasteiger partial charge on any atom is 0.271 e. The van der Waals surface area contributed by atoms with Crippen LogP contribution < -0.4 is 15.9 Å². The normalized spacial score (nSPS) is 10.6. The summed E-state index contributed by atoms with van der Waals surface area (Å²) in [7, 11) is 1.42. The molecule has 114 valence electrons. The van der Waals surface area contributed by atoms with Crippen molar-refractivity contribution in [3.63, 3.8) is 0 Å². The number of amides is 1. The van der Waals surface area contributed by atoms with Crippen molar-refractivity contribution in [2.45, 2.75) is 0 Å². The van der Waals surface area contributed by atoms with Gasteiger partial charge in [0.2, 0.25) is 0 Å². The van der Waals surface area contributed by atoms with Crippen molar-refractivity contribution in [3.8, 4) is 11.5 Å². The molecule has 2 aromatic rings. The van der Waals surface area contributed by atoms with Crippen molar-refractivity contribution in [1.82, 2.24) is 5.43 Å². The van der Waals surface area contributed by atoms with E-state index in [-0.39, 0.29) is 16.5 Å². The number of benzene rings is 2. The number of carbonyl (C=O) groups excluding carboxylic acids is 1. The number of carbonyl (C=O) groups is 1. The molecule has 0 saturated carbocycles. The molecule has 0 radical (unpaired) electrons. The maximum atomic E-state index is 11.9. The van der Waals surface area contributed by atoms with Crippen molar-refractivity contribution in [2.75, 3.05) is 12.8 Å². The average Bonchev–Trinajstić information content (AvgIpc) is 2.51. The Morgan fingerprint density at radius 1 is 1.41 bits per heavy atom. The highest BCUT2D eigenvalue weighted by atomic mass is 35.5. The number of ether oxygens (including phenoxy) is 1. The summed E-state index contributed by atoms with van der Waals surface area (Å²) in [5.74, 6) is -0.335. The number of nitrogen functional groups attached to an aromatic ring is 1. The van der Waals surface area contributed by atoms with E-state index in [1.807, 2.05) is 0 Å². The molecule has 0 fully saturated rings. The quantitative estimate of drug-likeness (QED) is 0.458. The number of aromatic hydroxyl groups is 1. The van der Waals surface area contributed by atoms with Crippen LogP contribution in [0.1, 0.15) is 15.9 Å². The second-order valence-corrected chi connectivity index (χ2v) is 4.72. The minimum Gasteiger partial charge on any atom is -0.503 e. The number of halogens is 1. The highest BCUT2D eigenvalue weighted by Gasteiger charge is 2.10. The number of hydrogen-bond acceptors (Lipinski definition) is 5. The van der Waals surface area contributed by atoms with Crippen LogP contribution >= 0.6 is 11.6 Å². The first-order valence-electron chi connectivity index (χ1n) is 6.27. The first-order valence-corrected chi connectivity index (χ1v) is 6.65. The molecule has 0 saturated heterocycles. The number of methoxy groups -OCH3 is 1. The van der Waals surface area contributed by atoms with Crippen LogP contribution in [0.2, 0.25) is 5.02 Å². The zero-order chi connectivity index (χ0) is 16.1. The first kappa shape index (κ1) is 15.7. The molecular weight excluding hydrogens is 306 g/mol. The monoisotopic (exact) mass is 319 g/mol. The van der Waals surface area contributed by atoms with Gasteiger partial charge in [-0.1, -0.05) is 17.7 Å². The van der Waals surface area contributed by atoms with Gasteiger partial charge in [0, 0.05) is 16.8 Å². The predicted octanol–water partition coefficient (Wildman–Crippen LogP) is 2.40. The summed E-state index contributed by atoms with van der Waals surface area (Å²) in [5.41, 5.74) is 9.27. The topological polar surface area (TPSA) is 96.9 Å². The minimum absolute atomic E-state index is 0.0845. The van der Waals surface area contributed by atoms with Gasteiger partial charge in [0.15, 0.2) is 11.5 Å². The number of nitrogens with zero attached hydrogens (tertiary/aromatic N) is 1. The molecule has 22 heavy (non-hydrogen) atoms. The third-order valence-electron chi connectivity index (χ3n) is 2.85. The van der Waals surface area contributed by atoms with Crippen molar-refractivity contribution in [2.24, 2.45) is 5.10 Å². The number of phenols is 1. The lowest BCUT2D eigenvalue weighted by Gasteiger charge is -2.06. The van der Waals surface area contributed by atoms with Gasteiger partial charge < -0.3 is 15.6 Å². The van der Waals surface area contributed by atoms with E-state index in [0.717, 1.165) is 0 Å². The lowest BCUT2D eigenvalue weighted by atomic mass is 10.2. The Balaban J connectivity index is 2.10. The second-order valence-electron chi connectivity index (χ2n) is 4.34. The molecule has 0 aliphatic carbocycles. The summed E-state index contributed by atoms with van der Waals surface area (Å²) < 4.78 is 4.93. The molecule has 0 atom stereocenters. The Kier molecular flexibility index (Phi) is 4.85. The van der Waals surface area contributed by atoms with Gasteiger partial charge in [-0.15, -0.1) is 0 Å². The smallest absolute Gasteiger partial charge is 0.271 e. The minimum atomic E-state index is -0.405. The fourth-order valence-electron chi connectivity index (χ4n) is 1.73. The van der Waals surface area contributed by atoms with E-state index in [1.54, 1.807) is 30.3 Å². The SMILES string of the molecule is COc1ccc(/C=N\NC(=O)c2cccc(N)c2)c(Cl)c1O. The molecule has 0 aromatic heterocycles. The molecular formula is C15H14ClN3O3. The van der Waals surface area contributed by atoms with Gasteiger partial charge in [0.1, 0.15) is 0 Å². The molecule has 0 spiro atoms. The van der Waals surface area contributed by atoms with Crippen molar-refractivity contribution >= 4 is 29.4 Å². The van der Waals surface area contributed by atoms with E-state index in [4.69, 9.17) is 22.1 Å². The van der Waals surface area contributed by atoms with Crippen LogP contribution in [0.3, 0.4) is 0 Å². The molecule has 2 rings (SSSR count). The number of hydrazone groups is 1. The Labute approximate surface area is 132 Å². The highest BCUT2D eigenvalue weighted by Crippen LogP contribution is 2.35. The molecule has 1 amide bonds. The van der Waals surface area contributed by atoms with E-state index in [9.17, 15) is 9.90 Å². The average molecular weight is 320 g/mol. The third-order valence-corrected chi connectivity index (χ3v) is 3.24. The molecule has 0 aliphatic rings. The van der Waals surface area contributed by atoms with Crippen LogP contribution in [0.25, 0.3) is 0 Å². The van der Waals surface area contributed by atoms with Crippen molar-refractivity contribution in [3.05, 3.63) is 52.5 Å². The number of phenolic OH excluding ortho intramolecular Hbond substituents is 1. The zero-order valence-corrected chi connectivity index (χ0v) is 12.5. The van der Waals surface area contributed by atoms with Crippen LogP contribution in [0.15, 0.2) is 41.5 Å². The van der Waals surface area contributed by atoms with Crippen LogP contribution in [0.5, 0.6) is 11.5 Å². The molecule has 4 N–H and O–H groups in total. The molecule has 2 aromatic carbocycles. The second kappa shape index (κ2) is 6.82. The summed E-state index contributed by atoms with van der Waals surface area (Å²) >= 11 is 5.98. The highest BCUT2D eigenvalue weighted by molar-refractivity contribution is 6.34. The van der Waals surface area contributed by atoms with Crippen LogP contribution in [-0.2, 0) is 0 Å². The first-order chi connectivity index (χ1) is 10.5. The number of anilines is 1. The Morgan fingerprint density at radius 2 is 2.18 bits per heavy atom. The van der Waals surface area contributed by atoms with Crippen LogP contribution in [-0.4, -0.2) is 24.3 Å². The summed E-state index contributed by atoms with van der Waals surface area (Å²) in [4.78, 5) is 11.9. The molecule has 0 unspecified atom stereocenters. The summed E-state index contributed by atoms with van der Waals surface area (Å²) in [6, 6.07) is 9.66. The number of rotatable bonds is 4.